The van der Waals surface area contributed by atoms with Crippen LogP contribution in [0.2, 0.25) is 0 Å². The first-order chi connectivity index (χ1) is 8.63. The van der Waals surface area contributed by atoms with Gasteiger partial charge in [0.1, 0.15) is 13.2 Å². The highest BCUT2D eigenvalue weighted by Crippen LogP contribution is 2.23. The van der Waals surface area contributed by atoms with Gasteiger partial charge in [-0.3, -0.25) is 10.1 Å². The Kier molecular flexibility index (Phi) is 6.14. The van der Waals surface area contributed by atoms with Crippen LogP contribution >= 0.6 is 8.25 Å². The van der Waals surface area contributed by atoms with Gasteiger partial charge < -0.3 is 0 Å². The van der Waals surface area contributed by atoms with E-state index in [2.05, 4.69) is 6.58 Å². The second-order valence-electron chi connectivity index (χ2n) is 3.31. The van der Waals surface area contributed by atoms with E-state index in [-0.39, 0.29) is 18.9 Å². The van der Waals surface area contributed by atoms with Gasteiger partial charge in [0.2, 0.25) is 0 Å². The SMILES string of the molecule is C=CCO[P+](=O)OCCc1ccc([N+](=O)[O-])cc1. The highest BCUT2D eigenvalue weighted by molar-refractivity contribution is 7.33. The Labute approximate surface area is 105 Å². The van der Waals surface area contributed by atoms with Crippen molar-refractivity contribution in [2.24, 2.45) is 0 Å². The number of hydrogen-bond acceptors (Lipinski definition) is 5. The van der Waals surface area contributed by atoms with Gasteiger partial charge in [-0.25, -0.2) is 0 Å². The lowest BCUT2D eigenvalue weighted by atomic mass is 10.1. The van der Waals surface area contributed by atoms with Crippen molar-refractivity contribution in [3.63, 3.8) is 0 Å². The van der Waals surface area contributed by atoms with Crippen LogP contribution in [-0.4, -0.2) is 18.1 Å². The molecule has 0 aliphatic rings. The fourth-order valence-corrected chi connectivity index (χ4v) is 1.72. The summed E-state index contributed by atoms with van der Waals surface area (Å²) >= 11 is 0. The highest BCUT2D eigenvalue weighted by atomic mass is 31.1. The van der Waals surface area contributed by atoms with E-state index in [0.29, 0.717) is 6.42 Å². The van der Waals surface area contributed by atoms with Crippen molar-refractivity contribution in [1.82, 2.24) is 0 Å². The third-order valence-electron chi connectivity index (χ3n) is 2.03. The number of hydrogen-bond donors (Lipinski definition) is 0. The minimum atomic E-state index is -2.13. The van der Waals surface area contributed by atoms with Crippen LogP contribution in [0.15, 0.2) is 36.9 Å². The summed E-state index contributed by atoms with van der Waals surface area (Å²) in [6.45, 7) is 3.82. The van der Waals surface area contributed by atoms with Crippen molar-refractivity contribution < 1.29 is 18.5 Å². The highest BCUT2D eigenvalue weighted by Gasteiger charge is 2.18. The fraction of sp³-hybridized carbons (Fsp3) is 0.273. The first-order valence-electron chi connectivity index (χ1n) is 5.21. The van der Waals surface area contributed by atoms with Crippen LogP contribution in [0.4, 0.5) is 5.69 Å². The van der Waals surface area contributed by atoms with Crippen LogP contribution in [-0.2, 0) is 20.0 Å². The van der Waals surface area contributed by atoms with Crippen LogP contribution in [0.1, 0.15) is 5.56 Å². The second kappa shape index (κ2) is 7.66. The molecule has 1 aromatic carbocycles. The summed E-state index contributed by atoms with van der Waals surface area (Å²) in [4.78, 5) is 9.98. The zero-order valence-corrected chi connectivity index (χ0v) is 10.5. The van der Waals surface area contributed by atoms with E-state index >= 15 is 0 Å². The van der Waals surface area contributed by atoms with Crippen molar-refractivity contribution in [3.05, 3.63) is 52.6 Å². The van der Waals surface area contributed by atoms with Gasteiger partial charge in [-0.15, -0.1) is 15.6 Å². The number of non-ortho nitro benzene ring substituents is 1. The maximum absolute atomic E-state index is 11.1. The normalized spacial score (nSPS) is 11.0. The molecule has 7 heteroatoms. The summed E-state index contributed by atoms with van der Waals surface area (Å²) in [5.74, 6) is 0. The molecule has 1 aromatic rings. The molecule has 0 aromatic heterocycles. The van der Waals surface area contributed by atoms with E-state index in [9.17, 15) is 14.7 Å². The summed E-state index contributed by atoms with van der Waals surface area (Å²) in [6.07, 6.45) is 1.99. The Balaban J connectivity index is 2.33. The van der Waals surface area contributed by atoms with Gasteiger partial charge in [0.05, 0.1) is 4.92 Å². The molecule has 0 saturated carbocycles. The number of benzene rings is 1. The third kappa shape index (κ3) is 5.14. The van der Waals surface area contributed by atoms with Gasteiger partial charge in [0.15, 0.2) is 0 Å². The maximum Gasteiger partial charge on any atom is 0.697 e. The Morgan fingerprint density at radius 2 is 2.00 bits per heavy atom. The molecule has 0 saturated heterocycles. The largest absolute Gasteiger partial charge is 0.697 e. The zero-order chi connectivity index (χ0) is 13.4. The Morgan fingerprint density at radius 1 is 1.33 bits per heavy atom. The molecular formula is C11H13NO5P+. The molecule has 0 N–H and O–H groups in total. The lowest BCUT2D eigenvalue weighted by Gasteiger charge is -1.97. The summed E-state index contributed by atoms with van der Waals surface area (Å²) in [6, 6.07) is 6.12. The molecule has 0 heterocycles. The summed E-state index contributed by atoms with van der Waals surface area (Å²) in [5, 5.41) is 10.4. The topological polar surface area (TPSA) is 78.7 Å². The van der Waals surface area contributed by atoms with Crippen LogP contribution in [0.25, 0.3) is 0 Å². The zero-order valence-electron chi connectivity index (χ0n) is 9.65. The van der Waals surface area contributed by atoms with Crippen molar-refractivity contribution in [1.29, 1.82) is 0 Å². The second-order valence-corrected chi connectivity index (χ2v) is 4.28. The number of rotatable bonds is 8. The number of nitro benzene ring substituents is 1. The molecular weight excluding hydrogens is 257 g/mol. The quantitative estimate of drug-likeness (QED) is 0.314. The van der Waals surface area contributed by atoms with Crippen molar-refractivity contribution in [2.75, 3.05) is 13.2 Å². The molecule has 0 radical (unpaired) electrons. The van der Waals surface area contributed by atoms with E-state index in [0.717, 1.165) is 5.56 Å². The van der Waals surface area contributed by atoms with Gasteiger partial charge in [-0.1, -0.05) is 18.2 Å². The van der Waals surface area contributed by atoms with Crippen LogP contribution in [0, 0.1) is 10.1 Å². The lowest BCUT2D eigenvalue weighted by Crippen LogP contribution is -1.95. The van der Waals surface area contributed by atoms with Gasteiger partial charge in [-0.05, 0) is 5.56 Å². The van der Waals surface area contributed by atoms with Crippen LogP contribution in [0.5, 0.6) is 0 Å². The van der Waals surface area contributed by atoms with Crippen molar-refractivity contribution >= 4 is 13.9 Å². The van der Waals surface area contributed by atoms with Crippen LogP contribution < -0.4 is 0 Å². The van der Waals surface area contributed by atoms with E-state index in [4.69, 9.17) is 9.05 Å². The molecule has 96 valence electrons. The summed E-state index contributed by atoms with van der Waals surface area (Å²) in [7, 11) is -2.13. The molecule has 0 spiro atoms. The van der Waals surface area contributed by atoms with Gasteiger partial charge in [0, 0.05) is 23.1 Å². The minimum Gasteiger partial charge on any atom is -0.258 e. The molecule has 0 fully saturated rings. The molecule has 1 rings (SSSR count). The smallest absolute Gasteiger partial charge is 0.258 e. The molecule has 1 unspecified atom stereocenters. The van der Waals surface area contributed by atoms with E-state index < -0.39 is 13.2 Å². The molecule has 18 heavy (non-hydrogen) atoms. The molecule has 1 atom stereocenters. The monoisotopic (exact) mass is 270 g/mol. The first kappa shape index (κ1) is 14.4. The van der Waals surface area contributed by atoms with Gasteiger partial charge in [0.25, 0.3) is 5.69 Å². The summed E-state index contributed by atoms with van der Waals surface area (Å²) in [5.41, 5.74) is 0.910. The Bertz CT molecular complexity index is 432. The van der Waals surface area contributed by atoms with E-state index in [1.54, 1.807) is 12.1 Å². The molecule has 0 aliphatic heterocycles. The fourth-order valence-electron chi connectivity index (χ4n) is 1.17. The standard InChI is InChI=1S/C11H13NO5P/c1-2-8-16-18(15)17-9-7-10-3-5-11(6-4-10)12(13)14/h2-6H,1,7-9H2/q+1. The number of nitro groups is 1. The van der Waals surface area contributed by atoms with E-state index in [1.165, 1.54) is 18.2 Å². The number of nitrogens with zero attached hydrogens (tertiary/aromatic N) is 1. The molecule has 0 aliphatic carbocycles. The minimum absolute atomic E-state index is 0.0417. The van der Waals surface area contributed by atoms with Gasteiger partial charge >= 0.3 is 8.25 Å². The molecule has 0 amide bonds. The van der Waals surface area contributed by atoms with Crippen LogP contribution in [0.3, 0.4) is 0 Å². The average Bonchev–Trinajstić information content (AvgIpc) is 2.37. The average molecular weight is 270 g/mol. The maximum atomic E-state index is 11.1. The van der Waals surface area contributed by atoms with Crippen molar-refractivity contribution in [2.45, 2.75) is 6.42 Å². The Morgan fingerprint density at radius 3 is 2.56 bits per heavy atom. The lowest BCUT2D eigenvalue weighted by molar-refractivity contribution is -0.384. The predicted octanol–water partition coefficient (Wildman–Crippen LogP) is 3.01. The van der Waals surface area contributed by atoms with Crippen molar-refractivity contribution in [3.8, 4) is 0 Å². The molecule has 0 bridgehead atoms. The van der Waals surface area contributed by atoms with Gasteiger partial charge in [-0.2, -0.15) is 0 Å². The summed E-state index contributed by atoms with van der Waals surface area (Å²) < 4.78 is 20.8. The molecule has 6 nitrogen and oxygen atoms in total. The predicted molar refractivity (Wildman–Crippen MR) is 66.5 cm³/mol. The Hall–Kier alpha value is -1.62. The third-order valence-corrected chi connectivity index (χ3v) is 2.79. The van der Waals surface area contributed by atoms with E-state index in [1.807, 2.05) is 0 Å². The first-order valence-corrected chi connectivity index (χ1v) is 6.30.